The topological polar surface area (TPSA) is 54.0 Å². The largest absolute Gasteiger partial charge is 0.350 e. The molecule has 30 heavy (non-hydrogen) atoms. The summed E-state index contributed by atoms with van der Waals surface area (Å²) in [5.74, 6) is 1.11. The molecular formula is C25H28FN3O. The van der Waals surface area contributed by atoms with Crippen molar-refractivity contribution in [3.8, 4) is 11.3 Å². The van der Waals surface area contributed by atoms with Crippen molar-refractivity contribution in [2.75, 3.05) is 5.32 Å². The molecule has 1 amide bonds. The quantitative estimate of drug-likeness (QED) is 0.629. The molecule has 1 saturated carbocycles. The second-order valence-electron chi connectivity index (χ2n) is 8.36. The van der Waals surface area contributed by atoms with Crippen LogP contribution in [0.25, 0.3) is 11.3 Å². The molecule has 1 heterocycles. The van der Waals surface area contributed by atoms with Gasteiger partial charge < -0.3 is 10.6 Å². The lowest BCUT2D eigenvalue weighted by Gasteiger charge is -2.13. The van der Waals surface area contributed by atoms with Gasteiger partial charge in [-0.25, -0.2) is 9.37 Å². The first kappa shape index (κ1) is 20.3. The standard InChI is InChI=1S/C25H28FN3O/c1-4-16(3)27-25(30)21-11-9-19(14-22(21)26)24-15(2)5-12-23(29-24)28-20-10-8-18(13-20)17-6-7-17/h5,8-14,16-18H,4,6-7H2,1-3H3,(H,27,30)(H,28,29)/t16-,18?/m0/s1. The van der Waals surface area contributed by atoms with Crippen LogP contribution in [0.15, 0.2) is 54.3 Å². The number of benzene rings is 1. The van der Waals surface area contributed by atoms with Gasteiger partial charge in [-0.3, -0.25) is 4.79 Å². The van der Waals surface area contributed by atoms with Crippen molar-refractivity contribution < 1.29 is 9.18 Å². The molecule has 4 nitrogen and oxygen atoms in total. The molecule has 1 aromatic heterocycles. The number of anilines is 1. The summed E-state index contributed by atoms with van der Waals surface area (Å²) < 4.78 is 14.7. The van der Waals surface area contributed by atoms with Crippen molar-refractivity contribution in [2.24, 2.45) is 11.8 Å². The van der Waals surface area contributed by atoms with Gasteiger partial charge in [0.2, 0.25) is 0 Å². The van der Waals surface area contributed by atoms with Crippen molar-refractivity contribution in [2.45, 2.75) is 46.1 Å². The number of allylic oxidation sites excluding steroid dienone is 3. The maximum atomic E-state index is 14.7. The molecule has 2 aliphatic rings. The molecule has 0 saturated heterocycles. The van der Waals surface area contributed by atoms with Crippen LogP contribution in [0.2, 0.25) is 0 Å². The summed E-state index contributed by atoms with van der Waals surface area (Å²) in [7, 11) is 0. The number of nitrogens with zero attached hydrogens (tertiary/aromatic N) is 1. The highest BCUT2D eigenvalue weighted by molar-refractivity contribution is 5.95. The van der Waals surface area contributed by atoms with Crippen molar-refractivity contribution in [3.63, 3.8) is 0 Å². The smallest absolute Gasteiger partial charge is 0.254 e. The summed E-state index contributed by atoms with van der Waals surface area (Å²) in [5.41, 5.74) is 3.41. The molecule has 5 heteroatoms. The van der Waals surface area contributed by atoms with Crippen LogP contribution in [0.1, 0.15) is 49.0 Å². The molecule has 1 aromatic carbocycles. The highest BCUT2D eigenvalue weighted by atomic mass is 19.1. The minimum atomic E-state index is -0.540. The number of hydrogen-bond acceptors (Lipinski definition) is 3. The lowest BCUT2D eigenvalue weighted by molar-refractivity contribution is 0.0935. The van der Waals surface area contributed by atoms with Gasteiger partial charge in [0, 0.05) is 23.2 Å². The van der Waals surface area contributed by atoms with E-state index in [0.29, 0.717) is 17.2 Å². The SMILES string of the molecule is CC[C@H](C)NC(=O)c1ccc(-c2nc(NC3=CC(C4CC4)C=C3)ccc2C)cc1F. The Kier molecular flexibility index (Phi) is 5.71. The van der Waals surface area contributed by atoms with E-state index in [-0.39, 0.29) is 11.6 Å². The summed E-state index contributed by atoms with van der Waals surface area (Å²) >= 11 is 0. The number of amides is 1. The Balaban J connectivity index is 1.54. The number of carbonyl (C=O) groups is 1. The van der Waals surface area contributed by atoms with Crippen molar-refractivity contribution in [1.82, 2.24) is 10.3 Å². The predicted molar refractivity (Wildman–Crippen MR) is 119 cm³/mol. The van der Waals surface area contributed by atoms with E-state index in [2.05, 4.69) is 28.9 Å². The van der Waals surface area contributed by atoms with E-state index in [1.165, 1.54) is 25.0 Å². The summed E-state index contributed by atoms with van der Waals surface area (Å²) in [6.07, 6.45) is 10.0. The third-order valence-corrected chi connectivity index (χ3v) is 5.88. The maximum absolute atomic E-state index is 14.7. The number of aryl methyl sites for hydroxylation is 1. The van der Waals surface area contributed by atoms with E-state index in [1.54, 1.807) is 6.07 Å². The second-order valence-corrected chi connectivity index (χ2v) is 8.36. The third kappa shape index (κ3) is 4.45. The van der Waals surface area contributed by atoms with Gasteiger partial charge in [-0.05, 0) is 68.9 Å². The predicted octanol–water partition coefficient (Wildman–Crippen LogP) is 5.62. The molecule has 2 aromatic rings. The number of halogens is 1. The van der Waals surface area contributed by atoms with Crippen molar-refractivity contribution in [3.05, 3.63) is 71.2 Å². The van der Waals surface area contributed by atoms with E-state index in [4.69, 9.17) is 4.98 Å². The number of aromatic nitrogens is 1. The van der Waals surface area contributed by atoms with E-state index in [9.17, 15) is 9.18 Å². The van der Waals surface area contributed by atoms with Crippen molar-refractivity contribution in [1.29, 1.82) is 0 Å². The van der Waals surface area contributed by atoms with Gasteiger partial charge in [0.15, 0.2) is 0 Å². The first-order valence-electron chi connectivity index (χ1n) is 10.7. The Morgan fingerprint density at radius 3 is 2.77 bits per heavy atom. The first-order valence-corrected chi connectivity index (χ1v) is 10.7. The maximum Gasteiger partial charge on any atom is 0.254 e. The van der Waals surface area contributed by atoms with Gasteiger partial charge in [0.1, 0.15) is 11.6 Å². The fourth-order valence-electron chi connectivity index (χ4n) is 3.68. The molecule has 0 spiro atoms. The molecule has 0 bridgehead atoms. The van der Waals surface area contributed by atoms with E-state index in [0.717, 1.165) is 29.4 Å². The Morgan fingerprint density at radius 1 is 1.27 bits per heavy atom. The summed E-state index contributed by atoms with van der Waals surface area (Å²) in [6, 6.07) is 8.59. The van der Waals surface area contributed by atoms with Crippen LogP contribution in [-0.4, -0.2) is 16.9 Å². The second kappa shape index (κ2) is 8.42. The molecule has 2 aliphatic carbocycles. The van der Waals surface area contributed by atoms with Crippen LogP contribution in [0.4, 0.5) is 10.2 Å². The van der Waals surface area contributed by atoms with Crippen molar-refractivity contribution >= 4 is 11.7 Å². The van der Waals surface area contributed by atoms with Crippen LogP contribution in [-0.2, 0) is 0 Å². The summed E-state index contributed by atoms with van der Waals surface area (Å²) in [5, 5.41) is 6.17. The third-order valence-electron chi connectivity index (χ3n) is 5.88. The highest BCUT2D eigenvalue weighted by Crippen LogP contribution is 2.40. The van der Waals surface area contributed by atoms with Crippen LogP contribution in [0.5, 0.6) is 0 Å². The molecule has 156 valence electrons. The van der Waals surface area contributed by atoms with Gasteiger partial charge in [-0.1, -0.05) is 31.2 Å². The molecule has 0 radical (unpaired) electrons. The number of hydrogen-bond donors (Lipinski definition) is 2. The average Bonchev–Trinajstić information content (AvgIpc) is 3.48. The lowest BCUT2D eigenvalue weighted by Crippen LogP contribution is -2.32. The Bertz CT molecular complexity index is 1020. The first-order chi connectivity index (χ1) is 14.4. The molecular weight excluding hydrogens is 377 g/mol. The van der Waals surface area contributed by atoms with Crippen LogP contribution in [0, 0.1) is 24.6 Å². The van der Waals surface area contributed by atoms with E-state index in [1.807, 2.05) is 32.9 Å². The van der Waals surface area contributed by atoms with Crippen LogP contribution in [0.3, 0.4) is 0 Å². The minimum absolute atomic E-state index is 0.00157. The van der Waals surface area contributed by atoms with Crippen LogP contribution < -0.4 is 10.6 Å². The van der Waals surface area contributed by atoms with Gasteiger partial charge in [-0.2, -0.15) is 0 Å². The fourth-order valence-corrected chi connectivity index (χ4v) is 3.68. The highest BCUT2D eigenvalue weighted by Gasteiger charge is 2.30. The molecule has 0 aliphatic heterocycles. The Hall–Kier alpha value is -2.95. The monoisotopic (exact) mass is 405 g/mol. The lowest BCUT2D eigenvalue weighted by atomic mass is 10.0. The molecule has 1 fully saturated rings. The average molecular weight is 406 g/mol. The van der Waals surface area contributed by atoms with Crippen LogP contribution >= 0.6 is 0 Å². The van der Waals surface area contributed by atoms with Gasteiger partial charge in [-0.15, -0.1) is 0 Å². The van der Waals surface area contributed by atoms with Gasteiger partial charge in [0.05, 0.1) is 11.3 Å². The number of carbonyl (C=O) groups excluding carboxylic acids is 1. The summed E-state index contributed by atoms with van der Waals surface area (Å²) in [4.78, 5) is 17.0. The Labute approximate surface area is 177 Å². The minimum Gasteiger partial charge on any atom is -0.350 e. The normalized spacial score (nSPS) is 18.8. The van der Waals surface area contributed by atoms with Gasteiger partial charge in [0.25, 0.3) is 5.91 Å². The zero-order valence-electron chi connectivity index (χ0n) is 17.7. The Morgan fingerprint density at radius 2 is 2.07 bits per heavy atom. The molecule has 2 atom stereocenters. The molecule has 4 rings (SSSR count). The fraction of sp³-hybridized carbons (Fsp3) is 0.360. The number of pyridine rings is 1. The van der Waals surface area contributed by atoms with Gasteiger partial charge >= 0.3 is 0 Å². The zero-order valence-corrected chi connectivity index (χ0v) is 17.7. The van der Waals surface area contributed by atoms with E-state index < -0.39 is 11.7 Å². The van der Waals surface area contributed by atoms with E-state index >= 15 is 0 Å². The molecule has 2 N–H and O–H groups in total. The zero-order chi connectivity index (χ0) is 21.3. The molecule has 1 unspecified atom stereocenters. The summed E-state index contributed by atoms with van der Waals surface area (Å²) in [6.45, 7) is 5.83. The number of nitrogens with one attached hydrogen (secondary N) is 2. The number of rotatable bonds is 7.